The second-order valence-corrected chi connectivity index (χ2v) is 13.6. The van der Waals surface area contributed by atoms with Crippen molar-refractivity contribution in [3.05, 3.63) is 71.2 Å². The van der Waals surface area contributed by atoms with Crippen LogP contribution in [0.15, 0.2) is 70.7 Å². The van der Waals surface area contributed by atoms with E-state index in [-0.39, 0.29) is 5.41 Å². The standard InChI is InChI=1S/C26H33N4PS/c1-5-20-13-11-12-18-29(20)31(32)24(19-27-30(31)21-14-7-6-8-15-21)25-26(2,3)22-16-9-10-17-23(22)28(25)4/h6-10,14-17,19-20H,5,11-13,18H2,1-4H3/b25-24-. The minimum absolute atomic E-state index is 0.124. The Morgan fingerprint density at radius 1 is 1.06 bits per heavy atom. The van der Waals surface area contributed by atoms with Crippen LogP contribution in [0.5, 0.6) is 0 Å². The van der Waals surface area contributed by atoms with Crippen molar-refractivity contribution >= 4 is 35.7 Å². The molecule has 4 nitrogen and oxygen atoms in total. The lowest BCUT2D eigenvalue weighted by atomic mass is 9.84. The summed E-state index contributed by atoms with van der Waals surface area (Å²) in [7, 11) is 2.20. The van der Waals surface area contributed by atoms with Gasteiger partial charge in [-0.05, 0) is 43.0 Å². The number of anilines is 2. The van der Waals surface area contributed by atoms with Gasteiger partial charge in [-0.15, -0.1) is 0 Å². The molecule has 0 spiro atoms. The maximum atomic E-state index is 6.81. The first-order valence-corrected chi connectivity index (χ1v) is 14.5. The zero-order valence-electron chi connectivity index (χ0n) is 19.5. The molecule has 32 heavy (non-hydrogen) atoms. The van der Waals surface area contributed by atoms with Gasteiger partial charge in [-0.25, -0.2) is 4.78 Å². The Kier molecular flexibility index (Phi) is 5.56. The van der Waals surface area contributed by atoms with E-state index in [1.807, 2.05) is 0 Å². The highest BCUT2D eigenvalue weighted by Gasteiger charge is 2.49. The van der Waals surface area contributed by atoms with Crippen molar-refractivity contribution in [3.63, 3.8) is 0 Å². The smallest absolute Gasteiger partial charge is 0.154 e. The third-order valence-corrected chi connectivity index (χ3v) is 12.1. The van der Waals surface area contributed by atoms with Gasteiger partial charge in [0.2, 0.25) is 0 Å². The first-order valence-electron chi connectivity index (χ1n) is 11.8. The van der Waals surface area contributed by atoms with Gasteiger partial charge >= 0.3 is 0 Å². The number of hydrogen-bond acceptors (Lipinski definition) is 3. The van der Waals surface area contributed by atoms with E-state index in [0.29, 0.717) is 6.04 Å². The fourth-order valence-corrected chi connectivity index (χ4v) is 10.6. The second-order valence-electron chi connectivity index (χ2n) is 9.57. The number of piperidine rings is 1. The summed E-state index contributed by atoms with van der Waals surface area (Å²) in [6.07, 6.45) is 4.60. The van der Waals surface area contributed by atoms with E-state index in [4.69, 9.17) is 16.9 Å². The maximum absolute atomic E-state index is 6.81. The van der Waals surface area contributed by atoms with Crippen molar-refractivity contribution in [1.29, 1.82) is 0 Å². The Balaban J connectivity index is 1.74. The normalized spacial score (nSPS) is 29.6. The van der Waals surface area contributed by atoms with E-state index < -0.39 is 6.34 Å². The number of hydrogen-bond donors (Lipinski definition) is 0. The van der Waals surface area contributed by atoms with Crippen molar-refractivity contribution in [1.82, 2.24) is 4.67 Å². The quantitative estimate of drug-likeness (QED) is 0.471. The van der Waals surface area contributed by atoms with Crippen LogP contribution >= 0.6 is 6.34 Å². The Morgan fingerprint density at radius 3 is 2.50 bits per heavy atom. The lowest BCUT2D eigenvalue weighted by molar-refractivity contribution is 0.258. The van der Waals surface area contributed by atoms with E-state index in [0.717, 1.165) is 18.7 Å². The summed E-state index contributed by atoms with van der Waals surface area (Å²) in [6, 6.07) is 19.8. The van der Waals surface area contributed by atoms with Crippen molar-refractivity contribution in [2.45, 2.75) is 57.9 Å². The molecule has 0 radical (unpaired) electrons. The molecule has 3 heterocycles. The van der Waals surface area contributed by atoms with Crippen LogP contribution in [-0.4, -0.2) is 30.5 Å². The van der Waals surface area contributed by atoms with Crippen LogP contribution in [0.25, 0.3) is 0 Å². The van der Waals surface area contributed by atoms with Crippen LogP contribution in [0.2, 0.25) is 0 Å². The molecule has 3 aliphatic rings. The molecule has 1 fully saturated rings. The lowest BCUT2D eigenvalue weighted by Gasteiger charge is -2.46. The van der Waals surface area contributed by atoms with Gasteiger partial charge in [-0.1, -0.05) is 75.4 Å². The van der Waals surface area contributed by atoms with Gasteiger partial charge in [-0.2, -0.15) is 5.10 Å². The fourth-order valence-electron chi connectivity index (χ4n) is 5.80. The molecule has 0 bridgehead atoms. The molecular weight excluding hydrogens is 431 g/mol. The van der Waals surface area contributed by atoms with Crippen LogP contribution in [0.4, 0.5) is 11.4 Å². The molecule has 0 aliphatic carbocycles. The SMILES string of the molecule is CCC1CCCCN1P1(=S)/C(=C2\N(C)c3ccccc3C2(C)C)C=NN1c1ccccc1. The Labute approximate surface area is 197 Å². The summed E-state index contributed by atoms with van der Waals surface area (Å²) in [5, 5.41) is 6.27. The molecule has 2 aromatic carbocycles. The number of fused-ring (bicyclic) bond motifs is 1. The monoisotopic (exact) mass is 464 g/mol. The van der Waals surface area contributed by atoms with Gasteiger partial charge in [-0.3, -0.25) is 4.67 Å². The number of para-hydroxylation sites is 2. The predicted octanol–water partition coefficient (Wildman–Crippen LogP) is 6.71. The summed E-state index contributed by atoms with van der Waals surface area (Å²) < 4.78 is 4.87. The number of likely N-dealkylation sites (N-methyl/N-ethyl adjacent to an activating group) is 1. The highest BCUT2D eigenvalue weighted by molar-refractivity contribution is 8.16. The highest BCUT2D eigenvalue weighted by atomic mass is 32.4. The molecule has 3 aliphatic heterocycles. The first kappa shape index (κ1) is 21.9. The Morgan fingerprint density at radius 2 is 1.78 bits per heavy atom. The number of nitrogens with zero attached hydrogens (tertiary/aromatic N) is 4. The van der Waals surface area contributed by atoms with E-state index in [9.17, 15) is 0 Å². The maximum Gasteiger partial charge on any atom is 0.154 e. The van der Waals surface area contributed by atoms with Gasteiger partial charge in [0.1, 0.15) is 0 Å². The minimum Gasteiger partial charge on any atom is -0.346 e. The number of hydrazone groups is 1. The van der Waals surface area contributed by atoms with E-state index in [1.165, 1.54) is 41.5 Å². The van der Waals surface area contributed by atoms with Crippen molar-refractivity contribution in [3.8, 4) is 0 Å². The molecular formula is C26H33N4PS. The Hall–Kier alpha value is -1.94. The second kappa shape index (κ2) is 8.13. The Bertz CT molecular complexity index is 1120. The third-order valence-electron chi connectivity index (χ3n) is 7.37. The zero-order chi connectivity index (χ0) is 22.5. The molecule has 2 atom stereocenters. The predicted molar refractivity (Wildman–Crippen MR) is 141 cm³/mol. The molecule has 6 heteroatoms. The van der Waals surface area contributed by atoms with Crippen LogP contribution in [0.3, 0.4) is 0 Å². The van der Waals surface area contributed by atoms with Crippen LogP contribution < -0.4 is 9.68 Å². The summed E-state index contributed by atoms with van der Waals surface area (Å²) in [4.78, 5) is 2.37. The van der Waals surface area contributed by atoms with Crippen LogP contribution in [0, 0.1) is 0 Å². The summed E-state index contributed by atoms with van der Waals surface area (Å²) in [5.41, 5.74) is 4.92. The molecule has 0 saturated carbocycles. The summed E-state index contributed by atoms with van der Waals surface area (Å²) >= 11 is 6.81. The van der Waals surface area contributed by atoms with Crippen LogP contribution in [0.1, 0.15) is 52.0 Å². The van der Waals surface area contributed by atoms with Gasteiger partial charge in [0.15, 0.2) is 6.34 Å². The van der Waals surface area contributed by atoms with E-state index in [1.54, 1.807) is 0 Å². The number of allylic oxidation sites excluding steroid dienone is 2. The highest BCUT2D eigenvalue weighted by Crippen LogP contribution is 2.69. The molecule has 2 aromatic rings. The largest absolute Gasteiger partial charge is 0.346 e. The number of rotatable bonds is 3. The van der Waals surface area contributed by atoms with Crippen molar-refractivity contribution in [2.75, 3.05) is 23.3 Å². The molecule has 1 saturated heterocycles. The van der Waals surface area contributed by atoms with Crippen molar-refractivity contribution < 1.29 is 0 Å². The van der Waals surface area contributed by atoms with Gasteiger partial charge < -0.3 is 4.90 Å². The average Bonchev–Trinajstić information content (AvgIpc) is 3.26. The minimum atomic E-state index is -2.34. The number of benzene rings is 2. The molecule has 168 valence electrons. The molecule has 0 aromatic heterocycles. The molecule has 0 amide bonds. The molecule has 2 unspecified atom stereocenters. The fraction of sp³-hybridized carbons (Fsp3) is 0.423. The summed E-state index contributed by atoms with van der Waals surface area (Å²) in [6.45, 7) is 8.03. The topological polar surface area (TPSA) is 22.1 Å². The average molecular weight is 465 g/mol. The van der Waals surface area contributed by atoms with Crippen LogP contribution in [-0.2, 0) is 17.2 Å². The molecule has 0 N–H and O–H groups in total. The van der Waals surface area contributed by atoms with Crippen molar-refractivity contribution in [2.24, 2.45) is 5.10 Å². The van der Waals surface area contributed by atoms with E-state index in [2.05, 4.69) is 103 Å². The molecule has 5 rings (SSSR count). The first-order chi connectivity index (χ1) is 15.4. The van der Waals surface area contributed by atoms with Gasteiger partial charge in [0.05, 0.1) is 17.2 Å². The van der Waals surface area contributed by atoms with Gasteiger partial charge in [0.25, 0.3) is 0 Å². The summed E-state index contributed by atoms with van der Waals surface area (Å²) in [5.74, 6) is 0. The third kappa shape index (κ3) is 3.13. The van der Waals surface area contributed by atoms with E-state index >= 15 is 0 Å². The zero-order valence-corrected chi connectivity index (χ0v) is 21.2. The lowest BCUT2D eigenvalue weighted by Crippen LogP contribution is -2.40. The van der Waals surface area contributed by atoms with Gasteiger partial charge in [0, 0.05) is 36.4 Å².